The average Bonchev–Trinajstić information content (AvgIpc) is 2.43. The van der Waals surface area contributed by atoms with Crippen molar-refractivity contribution in [2.45, 2.75) is 13.1 Å². The number of fused-ring (bicyclic) bond motifs is 3. The van der Waals surface area contributed by atoms with Crippen LogP contribution in [0.15, 0.2) is 36.4 Å². The highest BCUT2D eigenvalue weighted by molar-refractivity contribution is 6.53. The topological polar surface area (TPSA) is 34.1 Å². The summed E-state index contributed by atoms with van der Waals surface area (Å²) in [6, 6.07) is 7.90. The lowest BCUT2D eigenvalue weighted by Gasteiger charge is -2.19. The molecule has 5 heteroatoms. The third-order valence-electron chi connectivity index (χ3n) is 3.51. The minimum absolute atomic E-state index is 0.189. The molecule has 106 valence electrons. The first-order valence-corrected chi connectivity index (χ1v) is 6.20. The zero-order chi connectivity index (χ0) is 15.4. The maximum atomic E-state index is 12.7. The Hall–Kier alpha value is -2.43. The van der Waals surface area contributed by atoms with E-state index in [0.717, 1.165) is 17.7 Å². The number of benzene rings is 2. The van der Waals surface area contributed by atoms with E-state index in [1.165, 1.54) is 6.07 Å². The first-order chi connectivity index (χ1) is 9.79. The molecule has 2 nitrogen and oxygen atoms in total. The van der Waals surface area contributed by atoms with Gasteiger partial charge in [-0.25, -0.2) is 0 Å². The number of alkyl halides is 3. The molecular weight excluding hydrogens is 281 g/mol. The fraction of sp³-hybridized carbons (Fsp3) is 0.125. The highest BCUT2D eigenvalue weighted by Crippen LogP contribution is 2.38. The molecule has 0 heterocycles. The molecule has 0 amide bonds. The molecule has 21 heavy (non-hydrogen) atoms. The summed E-state index contributed by atoms with van der Waals surface area (Å²) < 4.78 is 38.2. The first-order valence-electron chi connectivity index (χ1n) is 6.20. The van der Waals surface area contributed by atoms with Gasteiger partial charge in [-0.1, -0.05) is 23.8 Å². The van der Waals surface area contributed by atoms with E-state index in [-0.39, 0.29) is 11.1 Å². The second kappa shape index (κ2) is 4.28. The fourth-order valence-corrected chi connectivity index (χ4v) is 2.47. The highest BCUT2D eigenvalue weighted by atomic mass is 19.4. The van der Waals surface area contributed by atoms with Crippen molar-refractivity contribution in [1.82, 2.24) is 0 Å². The summed E-state index contributed by atoms with van der Waals surface area (Å²) in [6.07, 6.45) is -4.55. The lowest BCUT2D eigenvalue weighted by atomic mass is 9.82. The third kappa shape index (κ3) is 2.05. The molecule has 1 aliphatic rings. The van der Waals surface area contributed by atoms with E-state index in [0.29, 0.717) is 11.1 Å². The third-order valence-corrected chi connectivity index (χ3v) is 3.51. The Morgan fingerprint density at radius 3 is 1.86 bits per heavy atom. The van der Waals surface area contributed by atoms with Gasteiger partial charge < -0.3 is 0 Å². The van der Waals surface area contributed by atoms with Crippen LogP contribution in [-0.2, 0) is 6.18 Å². The van der Waals surface area contributed by atoms with Gasteiger partial charge in [0.05, 0.1) is 5.56 Å². The van der Waals surface area contributed by atoms with Gasteiger partial charge in [-0.15, -0.1) is 0 Å². The van der Waals surface area contributed by atoms with E-state index in [9.17, 15) is 22.8 Å². The van der Waals surface area contributed by atoms with Crippen molar-refractivity contribution in [3.05, 3.63) is 58.7 Å². The van der Waals surface area contributed by atoms with Crippen molar-refractivity contribution < 1.29 is 22.8 Å². The van der Waals surface area contributed by atoms with Crippen LogP contribution in [0.3, 0.4) is 0 Å². The number of Topliss-reactive ketones (excluding diaryl/α,β-unsaturated/α-hetero) is 2. The van der Waals surface area contributed by atoms with Crippen LogP contribution in [0.4, 0.5) is 13.2 Å². The van der Waals surface area contributed by atoms with E-state index in [1.54, 1.807) is 25.1 Å². The van der Waals surface area contributed by atoms with E-state index < -0.39 is 23.3 Å². The number of halogens is 3. The molecule has 0 atom stereocenters. The second-order valence-corrected chi connectivity index (χ2v) is 4.97. The van der Waals surface area contributed by atoms with Gasteiger partial charge in [0.15, 0.2) is 0 Å². The summed E-state index contributed by atoms with van der Waals surface area (Å²) >= 11 is 0. The number of carbonyl (C=O) groups excluding carboxylic acids is 2. The minimum atomic E-state index is -4.55. The molecule has 0 aromatic heterocycles. The average molecular weight is 290 g/mol. The number of hydrogen-bond acceptors (Lipinski definition) is 2. The largest absolute Gasteiger partial charge is 0.416 e. The number of aryl methyl sites for hydroxylation is 1. The predicted molar refractivity (Wildman–Crippen MR) is 70.3 cm³/mol. The number of rotatable bonds is 0. The Bertz CT molecular complexity index is 789. The summed E-state index contributed by atoms with van der Waals surface area (Å²) in [4.78, 5) is 24.1. The SMILES string of the molecule is Cc1ccc2c(c1)C(=O)C(=O)c1cc(C(F)(F)F)ccc1-2. The van der Waals surface area contributed by atoms with Crippen molar-refractivity contribution >= 4 is 11.6 Å². The van der Waals surface area contributed by atoms with Gasteiger partial charge in [-0.05, 0) is 36.2 Å². The molecule has 2 aromatic carbocycles. The Balaban J connectivity index is 2.29. The van der Waals surface area contributed by atoms with Crippen molar-refractivity contribution in [3.8, 4) is 11.1 Å². The van der Waals surface area contributed by atoms with Crippen LogP contribution in [-0.4, -0.2) is 11.6 Å². The lowest BCUT2D eigenvalue weighted by molar-refractivity contribution is -0.137. The van der Waals surface area contributed by atoms with Crippen LogP contribution in [0.5, 0.6) is 0 Å². The van der Waals surface area contributed by atoms with Crippen molar-refractivity contribution in [3.63, 3.8) is 0 Å². The normalized spacial score (nSPS) is 13.9. The molecule has 0 spiro atoms. The molecule has 0 saturated carbocycles. The van der Waals surface area contributed by atoms with Crippen LogP contribution >= 0.6 is 0 Å². The zero-order valence-corrected chi connectivity index (χ0v) is 10.9. The van der Waals surface area contributed by atoms with Crippen molar-refractivity contribution in [2.24, 2.45) is 0 Å². The quantitative estimate of drug-likeness (QED) is 0.686. The van der Waals surface area contributed by atoms with Crippen LogP contribution < -0.4 is 0 Å². The number of hydrogen-bond donors (Lipinski definition) is 0. The molecule has 2 aromatic rings. The molecule has 3 rings (SSSR count). The van der Waals surface area contributed by atoms with Gasteiger partial charge in [0.25, 0.3) is 0 Å². The first kappa shape index (κ1) is 13.5. The fourth-order valence-electron chi connectivity index (χ4n) is 2.47. The summed E-state index contributed by atoms with van der Waals surface area (Å²) in [6.45, 7) is 1.78. The van der Waals surface area contributed by atoms with Gasteiger partial charge in [0, 0.05) is 11.1 Å². The Labute approximate surface area is 118 Å². The summed E-state index contributed by atoms with van der Waals surface area (Å²) in [5.74, 6) is -1.66. The van der Waals surface area contributed by atoms with Gasteiger partial charge in [-0.3, -0.25) is 9.59 Å². The van der Waals surface area contributed by atoms with Crippen LogP contribution in [0, 0.1) is 6.92 Å². The summed E-state index contributed by atoms with van der Waals surface area (Å²) in [7, 11) is 0. The molecule has 0 saturated heterocycles. The van der Waals surface area contributed by atoms with Crippen LogP contribution in [0.1, 0.15) is 31.8 Å². The van der Waals surface area contributed by atoms with Crippen LogP contribution in [0.2, 0.25) is 0 Å². The molecule has 0 N–H and O–H groups in total. The maximum absolute atomic E-state index is 12.7. The molecular formula is C16H9F3O2. The van der Waals surface area contributed by atoms with E-state index in [2.05, 4.69) is 0 Å². The maximum Gasteiger partial charge on any atom is 0.416 e. The van der Waals surface area contributed by atoms with Gasteiger partial charge in [-0.2, -0.15) is 13.2 Å². The van der Waals surface area contributed by atoms with Crippen molar-refractivity contribution in [2.75, 3.05) is 0 Å². The van der Waals surface area contributed by atoms with Gasteiger partial charge in [0.2, 0.25) is 11.6 Å². The Morgan fingerprint density at radius 1 is 0.762 bits per heavy atom. The Kier molecular flexibility index (Phi) is 2.76. The minimum Gasteiger partial charge on any atom is -0.285 e. The van der Waals surface area contributed by atoms with E-state index >= 15 is 0 Å². The highest BCUT2D eigenvalue weighted by Gasteiger charge is 2.35. The molecule has 0 radical (unpaired) electrons. The van der Waals surface area contributed by atoms with E-state index in [4.69, 9.17) is 0 Å². The van der Waals surface area contributed by atoms with Crippen molar-refractivity contribution in [1.29, 1.82) is 0 Å². The molecule has 0 bridgehead atoms. The smallest absolute Gasteiger partial charge is 0.285 e. The summed E-state index contributed by atoms with van der Waals surface area (Å²) in [5, 5.41) is 0. The molecule has 0 aliphatic heterocycles. The monoisotopic (exact) mass is 290 g/mol. The molecule has 0 unspecified atom stereocenters. The summed E-state index contributed by atoms with van der Waals surface area (Å²) in [5.41, 5.74) is 0.790. The zero-order valence-electron chi connectivity index (χ0n) is 10.9. The van der Waals surface area contributed by atoms with E-state index in [1.807, 2.05) is 0 Å². The lowest BCUT2D eigenvalue weighted by Crippen LogP contribution is -2.22. The predicted octanol–water partition coefficient (Wildman–Crippen LogP) is 4.06. The van der Waals surface area contributed by atoms with Crippen LogP contribution in [0.25, 0.3) is 11.1 Å². The standard InChI is InChI=1S/C16H9F3O2/c1-8-2-4-10-11-5-3-9(16(17,18)19)7-13(11)15(21)14(20)12(10)6-8/h2-7H,1H3. The molecule has 0 fully saturated rings. The second-order valence-electron chi connectivity index (χ2n) is 4.97. The number of ketones is 2. The Morgan fingerprint density at radius 2 is 1.29 bits per heavy atom. The van der Waals surface area contributed by atoms with Gasteiger partial charge >= 0.3 is 6.18 Å². The molecule has 1 aliphatic carbocycles. The number of carbonyl (C=O) groups is 2. The van der Waals surface area contributed by atoms with Gasteiger partial charge in [0.1, 0.15) is 0 Å².